The van der Waals surface area contributed by atoms with Crippen LogP contribution in [-0.2, 0) is 9.53 Å². The number of guanidine groups is 1. The van der Waals surface area contributed by atoms with E-state index in [1.807, 2.05) is 25.8 Å². The van der Waals surface area contributed by atoms with Crippen LogP contribution in [0.3, 0.4) is 0 Å². The quantitative estimate of drug-likeness (QED) is 0.327. The molecule has 0 unspecified atom stereocenters. The van der Waals surface area contributed by atoms with Crippen molar-refractivity contribution < 1.29 is 9.53 Å². The van der Waals surface area contributed by atoms with E-state index in [-0.39, 0.29) is 12.1 Å². The van der Waals surface area contributed by atoms with Gasteiger partial charge in [0, 0.05) is 26.1 Å². The van der Waals surface area contributed by atoms with Gasteiger partial charge in [-0.1, -0.05) is 0 Å². The monoisotopic (exact) mass is 241 g/mol. The molecule has 0 aromatic heterocycles. The van der Waals surface area contributed by atoms with Crippen molar-refractivity contribution in [1.29, 1.82) is 0 Å². The Hall–Kier alpha value is -1.26. The summed E-state index contributed by atoms with van der Waals surface area (Å²) in [6.07, 6.45) is 3.45. The first-order valence-corrected chi connectivity index (χ1v) is 6.23. The van der Waals surface area contributed by atoms with Gasteiger partial charge in [0.05, 0.1) is 6.10 Å². The lowest BCUT2D eigenvalue weighted by molar-refractivity contribution is -0.147. The molecule has 0 atom stereocenters. The topological polar surface area (TPSA) is 67.9 Å². The molecule has 1 aliphatic rings. The van der Waals surface area contributed by atoms with Gasteiger partial charge in [-0.05, 0) is 33.1 Å². The molecule has 1 saturated carbocycles. The Morgan fingerprint density at radius 3 is 2.71 bits per heavy atom. The molecule has 0 saturated heterocycles. The SMILES string of the molecule is CC(C)OC(=O)CCCN=C(N)N(C)C1CC1. The molecule has 1 fully saturated rings. The van der Waals surface area contributed by atoms with Gasteiger partial charge in [-0.2, -0.15) is 0 Å². The van der Waals surface area contributed by atoms with Gasteiger partial charge in [-0.3, -0.25) is 9.79 Å². The van der Waals surface area contributed by atoms with E-state index in [0.29, 0.717) is 31.4 Å². The highest BCUT2D eigenvalue weighted by Crippen LogP contribution is 2.24. The summed E-state index contributed by atoms with van der Waals surface area (Å²) in [6.45, 7) is 4.27. The minimum atomic E-state index is -0.163. The lowest BCUT2D eigenvalue weighted by Crippen LogP contribution is -2.35. The Morgan fingerprint density at radius 2 is 2.18 bits per heavy atom. The minimum Gasteiger partial charge on any atom is -0.463 e. The number of rotatable bonds is 6. The van der Waals surface area contributed by atoms with Gasteiger partial charge >= 0.3 is 5.97 Å². The van der Waals surface area contributed by atoms with Crippen molar-refractivity contribution in [3.05, 3.63) is 0 Å². The molecule has 5 heteroatoms. The van der Waals surface area contributed by atoms with Crippen LogP contribution in [0.1, 0.15) is 39.5 Å². The maximum atomic E-state index is 11.2. The maximum Gasteiger partial charge on any atom is 0.306 e. The van der Waals surface area contributed by atoms with E-state index in [9.17, 15) is 4.79 Å². The fraction of sp³-hybridized carbons (Fsp3) is 0.833. The standard InChI is InChI=1S/C12H23N3O2/c1-9(2)17-11(16)5-4-8-14-12(13)15(3)10-6-7-10/h9-10H,4-8H2,1-3H3,(H2,13,14). The highest BCUT2D eigenvalue weighted by atomic mass is 16.5. The molecule has 0 aromatic rings. The molecule has 17 heavy (non-hydrogen) atoms. The summed E-state index contributed by atoms with van der Waals surface area (Å²) < 4.78 is 5.02. The molecule has 0 heterocycles. The number of nitrogens with zero attached hydrogens (tertiary/aromatic N) is 2. The van der Waals surface area contributed by atoms with Crippen LogP contribution in [0.2, 0.25) is 0 Å². The van der Waals surface area contributed by atoms with Gasteiger partial charge in [0.2, 0.25) is 0 Å². The van der Waals surface area contributed by atoms with Crippen LogP contribution < -0.4 is 5.73 Å². The molecule has 0 bridgehead atoms. The number of carbonyl (C=O) groups excluding carboxylic acids is 1. The molecule has 0 spiro atoms. The summed E-state index contributed by atoms with van der Waals surface area (Å²) in [5.41, 5.74) is 5.82. The van der Waals surface area contributed by atoms with Gasteiger partial charge in [0.25, 0.3) is 0 Å². The van der Waals surface area contributed by atoms with Gasteiger partial charge in [0.1, 0.15) is 0 Å². The van der Waals surface area contributed by atoms with Crippen molar-refractivity contribution in [2.45, 2.75) is 51.7 Å². The first-order valence-electron chi connectivity index (χ1n) is 6.23. The zero-order valence-corrected chi connectivity index (χ0v) is 11.0. The number of ether oxygens (including phenoxy) is 1. The molecular weight excluding hydrogens is 218 g/mol. The van der Waals surface area contributed by atoms with Crippen molar-refractivity contribution in [1.82, 2.24) is 4.90 Å². The maximum absolute atomic E-state index is 11.2. The predicted octanol–water partition coefficient (Wildman–Crippen LogP) is 1.13. The zero-order chi connectivity index (χ0) is 12.8. The molecular formula is C12H23N3O2. The van der Waals surface area contributed by atoms with E-state index >= 15 is 0 Å². The number of nitrogens with two attached hydrogens (primary N) is 1. The Labute approximate surface area is 103 Å². The summed E-state index contributed by atoms with van der Waals surface area (Å²) in [5, 5.41) is 0. The van der Waals surface area contributed by atoms with Crippen LogP contribution in [-0.4, -0.2) is 42.6 Å². The average Bonchev–Trinajstić information content (AvgIpc) is 3.05. The number of esters is 1. The van der Waals surface area contributed by atoms with Crippen molar-refractivity contribution >= 4 is 11.9 Å². The second-order valence-electron chi connectivity index (χ2n) is 4.72. The van der Waals surface area contributed by atoms with Crippen LogP contribution in [0.5, 0.6) is 0 Å². The summed E-state index contributed by atoms with van der Waals surface area (Å²) >= 11 is 0. The van der Waals surface area contributed by atoms with Crippen molar-refractivity contribution in [2.24, 2.45) is 10.7 Å². The van der Waals surface area contributed by atoms with Crippen molar-refractivity contribution in [2.75, 3.05) is 13.6 Å². The van der Waals surface area contributed by atoms with Gasteiger partial charge in [0.15, 0.2) is 5.96 Å². The summed E-state index contributed by atoms with van der Waals surface area (Å²) in [4.78, 5) is 17.5. The molecule has 5 nitrogen and oxygen atoms in total. The van der Waals surface area contributed by atoms with E-state index in [1.54, 1.807) is 0 Å². The van der Waals surface area contributed by atoms with Gasteiger partial charge < -0.3 is 15.4 Å². The van der Waals surface area contributed by atoms with Gasteiger partial charge in [-0.15, -0.1) is 0 Å². The third-order valence-electron chi connectivity index (χ3n) is 2.64. The molecule has 0 aromatic carbocycles. The van der Waals surface area contributed by atoms with E-state index in [4.69, 9.17) is 10.5 Å². The average molecular weight is 241 g/mol. The fourth-order valence-corrected chi connectivity index (χ4v) is 1.50. The summed E-state index contributed by atoms with van der Waals surface area (Å²) in [5.74, 6) is 0.411. The molecule has 0 aliphatic heterocycles. The summed E-state index contributed by atoms with van der Waals surface area (Å²) in [7, 11) is 1.96. The third-order valence-corrected chi connectivity index (χ3v) is 2.64. The number of hydrogen-bond donors (Lipinski definition) is 1. The highest BCUT2D eigenvalue weighted by molar-refractivity contribution is 5.78. The van der Waals surface area contributed by atoms with E-state index in [0.717, 1.165) is 0 Å². The highest BCUT2D eigenvalue weighted by Gasteiger charge is 2.27. The molecule has 0 amide bonds. The Balaban J connectivity index is 2.13. The van der Waals surface area contributed by atoms with E-state index in [1.165, 1.54) is 12.8 Å². The smallest absolute Gasteiger partial charge is 0.306 e. The molecule has 1 rings (SSSR count). The third kappa shape index (κ3) is 5.56. The first kappa shape index (κ1) is 13.8. The molecule has 98 valence electrons. The second-order valence-corrected chi connectivity index (χ2v) is 4.72. The van der Waals surface area contributed by atoms with Crippen LogP contribution in [0.4, 0.5) is 0 Å². The molecule has 1 aliphatic carbocycles. The van der Waals surface area contributed by atoms with Crippen LogP contribution in [0.25, 0.3) is 0 Å². The Morgan fingerprint density at radius 1 is 1.53 bits per heavy atom. The Bertz CT molecular complexity index is 285. The van der Waals surface area contributed by atoms with Crippen LogP contribution >= 0.6 is 0 Å². The minimum absolute atomic E-state index is 0.0444. The fourth-order valence-electron chi connectivity index (χ4n) is 1.50. The van der Waals surface area contributed by atoms with Crippen molar-refractivity contribution in [3.63, 3.8) is 0 Å². The number of aliphatic imine (C=N–C) groups is 1. The molecule has 2 N–H and O–H groups in total. The van der Waals surface area contributed by atoms with E-state index < -0.39 is 0 Å². The normalized spacial score (nSPS) is 16.1. The molecule has 0 radical (unpaired) electrons. The first-order chi connectivity index (χ1) is 8.00. The number of carbonyl (C=O) groups is 1. The van der Waals surface area contributed by atoms with Crippen molar-refractivity contribution in [3.8, 4) is 0 Å². The van der Waals surface area contributed by atoms with Crippen LogP contribution in [0, 0.1) is 0 Å². The predicted molar refractivity (Wildman–Crippen MR) is 67.7 cm³/mol. The zero-order valence-electron chi connectivity index (χ0n) is 11.0. The number of hydrogen-bond acceptors (Lipinski definition) is 3. The van der Waals surface area contributed by atoms with Gasteiger partial charge in [-0.25, -0.2) is 0 Å². The lowest BCUT2D eigenvalue weighted by atomic mass is 10.3. The van der Waals surface area contributed by atoms with Crippen LogP contribution in [0.15, 0.2) is 4.99 Å². The lowest BCUT2D eigenvalue weighted by Gasteiger charge is -2.16. The second kappa shape index (κ2) is 6.47. The van der Waals surface area contributed by atoms with E-state index in [2.05, 4.69) is 4.99 Å². The summed E-state index contributed by atoms with van der Waals surface area (Å²) in [6, 6.07) is 0.574. The largest absolute Gasteiger partial charge is 0.463 e. The Kier molecular flexibility index (Phi) is 5.25.